The number of hydrogen-bond donors (Lipinski definition) is 0. The lowest BCUT2D eigenvalue weighted by Gasteiger charge is -2.15. The molecule has 0 aliphatic rings. The summed E-state index contributed by atoms with van der Waals surface area (Å²) in [6.07, 6.45) is -7.42. The molecule has 0 aliphatic carbocycles. The van der Waals surface area contributed by atoms with Crippen molar-refractivity contribution in [3.05, 3.63) is 21.9 Å². The van der Waals surface area contributed by atoms with E-state index in [-0.39, 0.29) is 5.75 Å². The molecule has 0 radical (unpaired) electrons. The van der Waals surface area contributed by atoms with Crippen LogP contribution in [0.4, 0.5) is 22.0 Å². The molecular formula is C8H5BrF5NO. The Labute approximate surface area is 95.6 Å². The summed E-state index contributed by atoms with van der Waals surface area (Å²) in [4.78, 5) is 3.05. The normalized spacial score (nSPS) is 12.0. The number of rotatable bonds is 2. The predicted molar refractivity (Wildman–Crippen MR) is 48.4 cm³/mol. The number of aromatic nitrogens is 1. The number of halogens is 6. The molecule has 0 unspecified atom stereocenters. The minimum absolute atomic E-state index is 0.253. The first-order valence-corrected chi connectivity index (χ1v) is 4.66. The minimum atomic E-state index is -4.92. The van der Waals surface area contributed by atoms with E-state index < -0.39 is 28.3 Å². The van der Waals surface area contributed by atoms with Gasteiger partial charge >= 0.3 is 6.18 Å². The smallest absolute Gasteiger partial charge is 0.419 e. The Morgan fingerprint density at radius 2 is 1.94 bits per heavy atom. The van der Waals surface area contributed by atoms with Crippen molar-refractivity contribution in [3.63, 3.8) is 0 Å². The van der Waals surface area contributed by atoms with E-state index >= 15 is 0 Å². The van der Waals surface area contributed by atoms with E-state index in [9.17, 15) is 22.0 Å². The van der Waals surface area contributed by atoms with Crippen LogP contribution in [0.25, 0.3) is 0 Å². The second-order valence-electron chi connectivity index (χ2n) is 2.70. The minimum Gasteiger partial charge on any atom is -0.494 e. The zero-order chi connectivity index (χ0) is 12.5. The molecule has 90 valence electrons. The van der Waals surface area contributed by atoms with Gasteiger partial charge < -0.3 is 4.74 Å². The fraction of sp³-hybridized carbons (Fsp3) is 0.375. The van der Waals surface area contributed by atoms with Gasteiger partial charge in [-0.25, -0.2) is 8.78 Å². The van der Waals surface area contributed by atoms with Crippen molar-refractivity contribution in [1.29, 1.82) is 0 Å². The van der Waals surface area contributed by atoms with Gasteiger partial charge in [0.25, 0.3) is 6.43 Å². The number of methoxy groups -OCH3 is 1. The zero-order valence-corrected chi connectivity index (χ0v) is 9.36. The molecule has 0 amide bonds. The van der Waals surface area contributed by atoms with Crippen LogP contribution in [0.3, 0.4) is 0 Å². The Hall–Kier alpha value is -0.920. The van der Waals surface area contributed by atoms with Gasteiger partial charge in [0.15, 0.2) is 5.75 Å². The first-order valence-electron chi connectivity index (χ1n) is 3.86. The molecule has 0 aliphatic heterocycles. The summed E-state index contributed by atoms with van der Waals surface area (Å²) >= 11 is 2.58. The molecule has 8 heteroatoms. The van der Waals surface area contributed by atoms with Crippen molar-refractivity contribution in [2.45, 2.75) is 12.6 Å². The van der Waals surface area contributed by atoms with Gasteiger partial charge in [-0.1, -0.05) is 0 Å². The fourth-order valence-electron chi connectivity index (χ4n) is 1.06. The number of alkyl halides is 5. The maximum absolute atomic E-state index is 12.5. The van der Waals surface area contributed by atoms with E-state index in [1.54, 1.807) is 0 Å². The maximum atomic E-state index is 12.5. The van der Waals surface area contributed by atoms with Crippen molar-refractivity contribution in [1.82, 2.24) is 4.98 Å². The lowest BCUT2D eigenvalue weighted by molar-refractivity contribution is -0.140. The highest BCUT2D eigenvalue weighted by molar-refractivity contribution is 9.10. The van der Waals surface area contributed by atoms with E-state index in [2.05, 4.69) is 25.7 Å². The molecule has 1 aromatic heterocycles. The molecule has 1 heterocycles. The Morgan fingerprint density at radius 3 is 2.31 bits per heavy atom. The second-order valence-corrected chi connectivity index (χ2v) is 3.49. The molecule has 16 heavy (non-hydrogen) atoms. The summed E-state index contributed by atoms with van der Waals surface area (Å²) < 4.78 is 66.3. The Kier molecular flexibility index (Phi) is 3.72. The number of pyridine rings is 1. The summed E-state index contributed by atoms with van der Waals surface area (Å²) in [6.45, 7) is 0. The maximum Gasteiger partial charge on any atom is 0.419 e. The van der Waals surface area contributed by atoms with Gasteiger partial charge in [-0.15, -0.1) is 0 Å². The van der Waals surface area contributed by atoms with Gasteiger partial charge in [0, 0.05) is 0 Å². The standard InChI is InChI=1S/C8H5BrF5NO/c1-16-3-2-15-6(7(10)11)4(5(3)9)8(12,13)14/h2,7H,1H3. The Morgan fingerprint density at radius 1 is 1.38 bits per heavy atom. The molecule has 0 saturated heterocycles. The monoisotopic (exact) mass is 305 g/mol. The van der Waals surface area contributed by atoms with E-state index in [4.69, 9.17) is 0 Å². The third kappa shape index (κ3) is 2.42. The van der Waals surface area contributed by atoms with Crippen molar-refractivity contribution in [3.8, 4) is 5.75 Å². The van der Waals surface area contributed by atoms with E-state index in [0.29, 0.717) is 0 Å². The van der Waals surface area contributed by atoms with Crippen LogP contribution in [0.1, 0.15) is 17.7 Å². The lowest BCUT2D eigenvalue weighted by Crippen LogP contribution is -2.13. The van der Waals surface area contributed by atoms with Crippen molar-refractivity contribution in [2.75, 3.05) is 7.11 Å². The topological polar surface area (TPSA) is 22.1 Å². The summed E-state index contributed by atoms with van der Waals surface area (Å²) in [5, 5.41) is 0. The predicted octanol–water partition coefficient (Wildman–Crippen LogP) is 3.81. The molecular weight excluding hydrogens is 301 g/mol. The second kappa shape index (κ2) is 4.52. The molecule has 1 aromatic rings. The van der Waals surface area contributed by atoms with Crippen LogP contribution in [0.2, 0.25) is 0 Å². The van der Waals surface area contributed by atoms with Crippen LogP contribution >= 0.6 is 15.9 Å². The number of hydrogen-bond acceptors (Lipinski definition) is 2. The van der Waals surface area contributed by atoms with Gasteiger partial charge in [0.05, 0.1) is 17.8 Å². The summed E-state index contributed by atoms with van der Waals surface area (Å²) in [6, 6.07) is 0. The average Bonchev–Trinajstić information content (AvgIpc) is 2.14. The van der Waals surface area contributed by atoms with Crippen LogP contribution in [0.15, 0.2) is 10.7 Å². The molecule has 0 atom stereocenters. The highest BCUT2D eigenvalue weighted by atomic mass is 79.9. The van der Waals surface area contributed by atoms with Gasteiger partial charge in [0.2, 0.25) is 0 Å². The first-order chi connectivity index (χ1) is 7.29. The van der Waals surface area contributed by atoms with Crippen LogP contribution in [0.5, 0.6) is 5.75 Å². The third-order valence-corrected chi connectivity index (χ3v) is 2.51. The number of nitrogens with zero attached hydrogens (tertiary/aromatic N) is 1. The van der Waals surface area contributed by atoms with Crippen LogP contribution in [0, 0.1) is 0 Å². The highest BCUT2D eigenvalue weighted by Crippen LogP contribution is 2.43. The first kappa shape index (κ1) is 13.1. The summed E-state index contributed by atoms with van der Waals surface area (Å²) in [5.74, 6) is -0.253. The molecule has 0 aromatic carbocycles. The molecule has 0 spiro atoms. The summed E-state index contributed by atoms with van der Waals surface area (Å²) in [5.41, 5.74) is -2.83. The zero-order valence-electron chi connectivity index (χ0n) is 7.78. The van der Waals surface area contributed by atoms with E-state index in [0.717, 1.165) is 13.3 Å². The molecule has 2 nitrogen and oxygen atoms in total. The number of ether oxygens (including phenoxy) is 1. The van der Waals surface area contributed by atoms with Crippen molar-refractivity contribution >= 4 is 15.9 Å². The molecule has 0 fully saturated rings. The van der Waals surface area contributed by atoms with Gasteiger partial charge in [-0.05, 0) is 15.9 Å². The molecule has 0 N–H and O–H groups in total. The molecule has 0 bridgehead atoms. The molecule has 0 saturated carbocycles. The van der Waals surface area contributed by atoms with Crippen LogP contribution in [-0.2, 0) is 6.18 Å². The molecule has 1 rings (SSSR count). The summed E-state index contributed by atoms with van der Waals surface area (Å²) in [7, 11) is 1.12. The van der Waals surface area contributed by atoms with E-state index in [1.807, 2.05) is 0 Å². The van der Waals surface area contributed by atoms with Crippen molar-refractivity contribution < 1.29 is 26.7 Å². The van der Waals surface area contributed by atoms with Crippen LogP contribution in [-0.4, -0.2) is 12.1 Å². The van der Waals surface area contributed by atoms with Gasteiger partial charge in [-0.2, -0.15) is 13.2 Å². The van der Waals surface area contributed by atoms with Crippen LogP contribution < -0.4 is 4.74 Å². The van der Waals surface area contributed by atoms with E-state index in [1.165, 1.54) is 0 Å². The Bertz CT molecular complexity index is 393. The average molecular weight is 306 g/mol. The SMILES string of the molecule is COc1cnc(C(F)F)c(C(F)(F)F)c1Br. The van der Waals surface area contributed by atoms with Gasteiger partial charge in [0.1, 0.15) is 11.3 Å². The lowest BCUT2D eigenvalue weighted by atomic mass is 10.2. The fourth-order valence-corrected chi connectivity index (χ4v) is 1.75. The van der Waals surface area contributed by atoms with Gasteiger partial charge in [-0.3, -0.25) is 4.98 Å². The quantitative estimate of drug-likeness (QED) is 0.775. The third-order valence-electron chi connectivity index (χ3n) is 1.72. The highest BCUT2D eigenvalue weighted by Gasteiger charge is 2.40. The largest absolute Gasteiger partial charge is 0.494 e. The van der Waals surface area contributed by atoms with Crippen molar-refractivity contribution in [2.24, 2.45) is 0 Å². The Balaban J connectivity index is 3.50.